The highest BCUT2D eigenvalue weighted by atomic mass is 35.5. The van der Waals surface area contributed by atoms with Crippen molar-refractivity contribution in [2.75, 3.05) is 18.0 Å². The van der Waals surface area contributed by atoms with Gasteiger partial charge in [-0.25, -0.2) is 15.0 Å². The lowest BCUT2D eigenvalue weighted by atomic mass is 9.87. The van der Waals surface area contributed by atoms with Crippen LogP contribution in [0.5, 0.6) is 0 Å². The van der Waals surface area contributed by atoms with Gasteiger partial charge >= 0.3 is 0 Å². The molecule has 1 aliphatic heterocycles. The van der Waals surface area contributed by atoms with Gasteiger partial charge in [-0.15, -0.1) is 0 Å². The number of fused-ring (bicyclic) bond motifs is 2. The van der Waals surface area contributed by atoms with Gasteiger partial charge in [-0.05, 0) is 60.4 Å². The predicted octanol–water partition coefficient (Wildman–Crippen LogP) is 6.92. The molecule has 6 rings (SSSR count). The molecule has 0 bridgehead atoms. The van der Waals surface area contributed by atoms with Crippen molar-refractivity contribution in [1.29, 1.82) is 0 Å². The summed E-state index contributed by atoms with van der Waals surface area (Å²) < 4.78 is 0. The van der Waals surface area contributed by atoms with Crippen LogP contribution in [0.15, 0.2) is 67.4 Å². The monoisotopic (exact) mass is 498 g/mol. The molecule has 1 N–H and O–H groups in total. The number of nitrogens with one attached hydrogen (secondary N) is 1. The van der Waals surface area contributed by atoms with Crippen molar-refractivity contribution in [2.24, 2.45) is 0 Å². The van der Waals surface area contributed by atoms with E-state index in [1.54, 1.807) is 12.7 Å². The van der Waals surface area contributed by atoms with Crippen molar-refractivity contribution in [1.82, 2.24) is 24.9 Å². The standard InChI is InChI=1S/C28H27ClN6.CH4/c1-18(14-24-26-28(33-16-31-24)34-17-32-26)22-15-23(29)21-8-5-11-30-25(21)27(22)35-12-9-20(10-13-35)19-6-3-2-4-7-19;/h2-8,11,15-18,20H,9-10,12-14H2,1H3,(H,31,32,33,34);1H4. The summed E-state index contributed by atoms with van der Waals surface area (Å²) in [5.74, 6) is 0.775. The van der Waals surface area contributed by atoms with Crippen LogP contribution in [0.3, 0.4) is 0 Å². The fourth-order valence-corrected chi connectivity index (χ4v) is 5.72. The van der Waals surface area contributed by atoms with E-state index in [0.29, 0.717) is 11.6 Å². The van der Waals surface area contributed by atoms with Gasteiger partial charge < -0.3 is 9.88 Å². The van der Waals surface area contributed by atoms with Crippen molar-refractivity contribution in [2.45, 2.75) is 45.4 Å². The number of rotatable bonds is 5. The third-order valence-electron chi connectivity index (χ3n) is 7.26. The molecule has 5 aromatic rings. The first-order valence-corrected chi connectivity index (χ1v) is 12.6. The van der Waals surface area contributed by atoms with E-state index in [4.69, 9.17) is 16.6 Å². The molecule has 1 aliphatic rings. The molecule has 0 spiro atoms. The molecule has 0 aliphatic carbocycles. The second-order valence-corrected chi connectivity index (χ2v) is 9.80. The normalized spacial score (nSPS) is 15.2. The van der Waals surface area contributed by atoms with E-state index < -0.39 is 0 Å². The third kappa shape index (κ3) is 4.42. The maximum Gasteiger partial charge on any atom is 0.180 e. The summed E-state index contributed by atoms with van der Waals surface area (Å²) in [4.78, 5) is 23.7. The minimum Gasteiger partial charge on any atom is -0.369 e. The molecule has 1 unspecified atom stereocenters. The van der Waals surface area contributed by atoms with Crippen LogP contribution >= 0.6 is 11.6 Å². The maximum absolute atomic E-state index is 6.80. The highest BCUT2D eigenvalue weighted by Gasteiger charge is 2.27. The van der Waals surface area contributed by atoms with E-state index >= 15 is 0 Å². The van der Waals surface area contributed by atoms with Gasteiger partial charge in [0.15, 0.2) is 5.65 Å². The Hall–Kier alpha value is -3.51. The van der Waals surface area contributed by atoms with Crippen LogP contribution in [-0.2, 0) is 6.42 Å². The Kier molecular flexibility index (Phi) is 6.88. The number of H-pyrrole nitrogens is 1. The van der Waals surface area contributed by atoms with E-state index in [1.165, 1.54) is 16.8 Å². The summed E-state index contributed by atoms with van der Waals surface area (Å²) in [6.45, 7) is 4.22. The molecule has 3 aromatic heterocycles. The van der Waals surface area contributed by atoms with Gasteiger partial charge in [0.2, 0.25) is 0 Å². The lowest BCUT2D eigenvalue weighted by molar-refractivity contribution is 0.504. The highest BCUT2D eigenvalue weighted by molar-refractivity contribution is 6.36. The lowest BCUT2D eigenvalue weighted by Gasteiger charge is -2.36. The van der Waals surface area contributed by atoms with Crippen LogP contribution in [-0.4, -0.2) is 38.0 Å². The Morgan fingerprint density at radius 1 is 1.03 bits per heavy atom. The van der Waals surface area contributed by atoms with Crippen LogP contribution in [0.25, 0.3) is 22.1 Å². The topological polar surface area (TPSA) is 70.6 Å². The molecule has 7 heteroatoms. The van der Waals surface area contributed by atoms with Gasteiger partial charge in [-0.1, -0.05) is 56.3 Å². The van der Waals surface area contributed by atoms with Gasteiger partial charge in [0.1, 0.15) is 11.8 Å². The van der Waals surface area contributed by atoms with Crippen LogP contribution in [0.4, 0.5) is 5.69 Å². The van der Waals surface area contributed by atoms with Crippen LogP contribution in [0.2, 0.25) is 5.02 Å². The fourth-order valence-electron chi connectivity index (χ4n) is 5.45. The maximum atomic E-state index is 6.80. The molecule has 0 amide bonds. The van der Waals surface area contributed by atoms with E-state index in [9.17, 15) is 0 Å². The van der Waals surface area contributed by atoms with Crippen molar-refractivity contribution < 1.29 is 0 Å². The Balaban J connectivity index is 0.00000267. The van der Waals surface area contributed by atoms with Gasteiger partial charge in [0, 0.05) is 24.7 Å². The first-order valence-electron chi connectivity index (χ1n) is 12.2. The van der Waals surface area contributed by atoms with Gasteiger partial charge in [0.25, 0.3) is 0 Å². The van der Waals surface area contributed by atoms with Crippen LogP contribution < -0.4 is 4.90 Å². The van der Waals surface area contributed by atoms with E-state index in [0.717, 1.165) is 59.5 Å². The Bertz CT molecular complexity index is 1470. The van der Waals surface area contributed by atoms with Crippen LogP contribution in [0.1, 0.15) is 55.8 Å². The predicted molar refractivity (Wildman–Crippen MR) is 148 cm³/mol. The summed E-state index contributed by atoms with van der Waals surface area (Å²) in [5, 5.41) is 1.75. The Morgan fingerprint density at radius 3 is 2.64 bits per heavy atom. The summed E-state index contributed by atoms with van der Waals surface area (Å²) in [7, 11) is 0. The zero-order valence-electron chi connectivity index (χ0n) is 19.7. The molecule has 4 heterocycles. The zero-order valence-corrected chi connectivity index (χ0v) is 20.4. The Labute approximate surface area is 216 Å². The number of benzene rings is 2. The molecule has 0 radical (unpaired) electrons. The fraction of sp³-hybridized carbons (Fsp3) is 0.310. The summed E-state index contributed by atoms with van der Waals surface area (Å²) in [6.07, 6.45) is 8.13. The molecule has 2 aromatic carbocycles. The zero-order chi connectivity index (χ0) is 23.8. The number of nitrogens with zero attached hydrogens (tertiary/aromatic N) is 5. The van der Waals surface area contributed by atoms with Crippen LogP contribution in [0, 0.1) is 0 Å². The van der Waals surface area contributed by atoms with Crippen molar-refractivity contribution >= 4 is 39.4 Å². The quantitative estimate of drug-likeness (QED) is 0.284. The van der Waals surface area contributed by atoms with Crippen molar-refractivity contribution in [3.63, 3.8) is 0 Å². The number of pyridine rings is 1. The Morgan fingerprint density at radius 2 is 1.83 bits per heavy atom. The third-order valence-corrected chi connectivity index (χ3v) is 7.57. The smallest absolute Gasteiger partial charge is 0.180 e. The minimum absolute atomic E-state index is 0. The first-order chi connectivity index (χ1) is 17.2. The summed E-state index contributed by atoms with van der Waals surface area (Å²) >= 11 is 6.80. The summed E-state index contributed by atoms with van der Waals surface area (Å²) in [5.41, 5.74) is 7.40. The average Bonchev–Trinajstić information content (AvgIpc) is 3.39. The largest absolute Gasteiger partial charge is 0.369 e. The van der Waals surface area contributed by atoms with E-state index in [-0.39, 0.29) is 13.3 Å². The number of aromatic nitrogens is 5. The molecule has 1 atom stereocenters. The van der Waals surface area contributed by atoms with E-state index in [1.807, 2.05) is 12.3 Å². The number of halogens is 1. The molecule has 1 saturated heterocycles. The molecule has 184 valence electrons. The second kappa shape index (κ2) is 10.2. The lowest BCUT2D eigenvalue weighted by Crippen LogP contribution is -2.34. The van der Waals surface area contributed by atoms with Crippen molar-refractivity contribution in [3.05, 3.63) is 89.2 Å². The molecule has 36 heavy (non-hydrogen) atoms. The number of imidazole rings is 1. The first kappa shape index (κ1) is 24.2. The van der Waals surface area contributed by atoms with Gasteiger partial charge in [0.05, 0.1) is 28.2 Å². The number of aromatic amines is 1. The number of piperidine rings is 1. The minimum atomic E-state index is 0. The number of hydrogen-bond acceptors (Lipinski definition) is 5. The van der Waals surface area contributed by atoms with E-state index in [2.05, 4.69) is 74.2 Å². The van der Waals surface area contributed by atoms with Gasteiger partial charge in [-0.2, -0.15) is 0 Å². The highest BCUT2D eigenvalue weighted by Crippen LogP contribution is 2.41. The SMILES string of the molecule is C.CC(Cc1ncnc2nc[nH]c12)c1cc(Cl)c2cccnc2c1N1CCC(c2ccccc2)CC1. The second-order valence-electron chi connectivity index (χ2n) is 9.39. The van der Waals surface area contributed by atoms with Crippen molar-refractivity contribution in [3.8, 4) is 0 Å². The molecular formula is C29H31ClN6. The molecule has 1 fully saturated rings. The molecule has 0 saturated carbocycles. The summed E-state index contributed by atoms with van der Waals surface area (Å²) in [6, 6.07) is 17.0. The average molecular weight is 499 g/mol. The number of anilines is 1. The van der Waals surface area contributed by atoms with Gasteiger partial charge in [-0.3, -0.25) is 4.98 Å². The molecular weight excluding hydrogens is 468 g/mol. The molecule has 6 nitrogen and oxygen atoms in total. The number of hydrogen-bond donors (Lipinski definition) is 1.